The highest BCUT2D eigenvalue weighted by molar-refractivity contribution is 7.89. The fourth-order valence-corrected chi connectivity index (χ4v) is 3.70. The van der Waals surface area contributed by atoms with Crippen molar-refractivity contribution in [2.75, 3.05) is 38.1 Å². The molecule has 2 aromatic heterocycles. The molecule has 25 heavy (non-hydrogen) atoms. The number of piperazine rings is 1. The van der Waals surface area contributed by atoms with E-state index >= 15 is 0 Å². The van der Waals surface area contributed by atoms with Gasteiger partial charge in [0, 0.05) is 57.5 Å². The number of aryl methyl sites for hydroxylation is 1. The van der Waals surface area contributed by atoms with E-state index in [1.807, 2.05) is 12.1 Å². The summed E-state index contributed by atoms with van der Waals surface area (Å²) in [6.45, 7) is 2.62. The highest BCUT2D eigenvalue weighted by Gasteiger charge is 2.26. The van der Waals surface area contributed by atoms with Crippen molar-refractivity contribution in [3.05, 3.63) is 42.5 Å². The van der Waals surface area contributed by atoms with Gasteiger partial charge in [-0.1, -0.05) is 0 Å². The molecule has 0 bridgehead atoms. The monoisotopic (exact) mass is 363 g/mol. The number of carbonyl (C=O) groups excluding carboxylic acids is 1. The summed E-state index contributed by atoms with van der Waals surface area (Å²) in [6, 6.07) is 5.32. The zero-order chi connectivity index (χ0) is 18.0. The SMILES string of the molecule is CNS(=O)(=O)c1cc(C(=O)N2CCN(c3ccncc3)CC2)n(C)c1. The van der Waals surface area contributed by atoms with Gasteiger partial charge in [0.2, 0.25) is 10.0 Å². The van der Waals surface area contributed by atoms with Gasteiger partial charge in [0.1, 0.15) is 10.6 Å². The zero-order valence-electron chi connectivity index (χ0n) is 14.2. The molecular formula is C16H21N5O3S. The van der Waals surface area contributed by atoms with Gasteiger partial charge in [-0.25, -0.2) is 13.1 Å². The van der Waals surface area contributed by atoms with Crippen molar-refractivity contribution in [3.8, 4) is 0 Å². The third-order valence-electron chi connectivity index (χ3n) is 4.37. The van der Waals surface area contributed by atoms with Crippen LogP contribution in [0.5, 0.6) is 0 Å². The Morgan fingerprint density at radius 1 is 1.16 bits per heavy atom. The number of sulfonamides is 1. The zero-order valence-corrected chi connectivity index (χ0v) is 15.0. The summed E-state index contributed by atoms with van der Waals surface area (Å²) >= 11 is 0. The molecule has 0 unspecified atom stereocenters. The van der Waals surface area contributed by atoms with Crippen LogP contribution in [-0.4, -0.2) is 62.0 Å². The first-order valence-electron chi connectivity index (χ1n) is 7.96. The van der Waals surface area contributed by atoms with Gasteiger partial charge in [-0.15, -0.1) is 0 Å². The standard InChI is InChI=1S/C16H21N5O3S/c1-17-25(23,24)14-11-15(19(2)12-14)16(22)21-9-7-20(8-10-21)13-3-5-18-6-4-13/h3-6,11-12,17H,7-10H2,1-2H3. The second-order valence-electron chi connectivity index (χ2n) is 5.86. The van der Waals surface area contributed by atoms with Gasteiger partial charge in [0.25, 0.3) is 5.91 Å². The lowest BCUT2D eigenvalue weighted by Crippen LogP contribution is -2.49. The fraction of sp³-hybridized carbons (Fsp3) is 0.375. The number of carbonyl (C=O) groups is 1. The van der Waals surface area contributed by atoms with E-state index in [9.17, 15) is 13.2 Å². The van der Waals surface area contributed by atoms with E-state index in [1.165, 1.54) is 19.3 Å². The van der Waals surface area contributed by atoms with Gasteiger partial charge in [0.15, 0.2) is 0 Å². The minimum atomic E-state index is -3.56. The summed E-state index contributed by atoms with van der Waals surface area (Å²) in [4.78, 5) is 20.8. The second kappa shape index (κ2) is 6.85. The maximum atomic E-state index is 12.8. The predicted molar refractivity (Wildman–Crippen MR) is 94.0 cm³/mol. The number of nitrogens with one attached hydrogen (secondary N) is 1. The lowest BCUT2D eigenvalue weighted by atomic mass is 10.2. The molecule has 0 saturated carbocycles. The Labute approximate surface area is 147 Å². The largest absolute Gasteiger partial charge is 0.368 e. The Bertz CT molecular complexity index is 855. The van der Waals surface area contributed by atoms with Crippen LogP contribution in [0, 0.1) is 0 Å². The van der Waals surface area contributed by atoms with Gasteiger partial charge in [0.05, 0.1) is 0 Å². The van der Waals surface area contributed by atoms with E-state index in [0.29, 0.717) is 18.8 Å². The van der Waals surface area contributed by atoms with Crippen LogP contribution in [0.15, 0.2) is 41.7 Å². The fourth-order valence-electron chi connectivity index (χ4n) is 2.90. The predicted octanol–water partition coefficient (Wildman–Crippen LogP) is 0.291. The Morgan fingerprint density at radius 3 is 2.40 bits per heavy atom. The van der Waals surface area contributed by atoms with E-state index in [4.69, 9.17) is 0 Å². The van der Waals surface area contributed by atoms with Crippen molar-refractivity contribution < 1.29 is 13.2 Å². The topological polar surface area (TPSA) is 87.5 Å². The molecule has 1 aliphatic heterocycles. The van der Waals surface area contributed by atoms with E-state index < -0.39 is 10.0 Å². The maximum Gasteiger partial charge on any atom is 0.270 e. The number of hydrogen-bond acceptors (Lipinski definition) is 5. The molecule has 1 aliphatic rings. The van der Waals surface area contributed by atoms with Crippen molar-refractivity contribution in [1.82, 2.24) is 19.2 Å². The van der Waals surface area contributed by atoms with Gasteiger partial charge in [-0.05, 0) is 25.2 Å². The molecular weight excluding hydrogens is 342 g/mol. The maximum absolute atomic E-state index is 12.8. The van der Waals surface area contributed by atoms with E-state index in [1.54, 1.807) is 28.9 Å². The number of anilines is 1. The Morgan fingerprint density at radius 2 is 1.80 bits per heavy atom. The first-order valence-corrected chi connectivity index (χ1v) is 9.45. The average Bonchev–Trinajstić information content (AvgIpc) is 3.04. The van der Waals surface area contributed by atoms with E-state index in [-0.39, 0.29) is 10.8 Å². The first kappa shape index (κ1) is 17.4. The van der Waals surface area contributed by atoms with Gasteiger partial charge in [-0.2, -0.15) is 0 Å². The first-order chi connectivity index (χ1) is 11.9. The normalized spacial score (nSPS) is 15.4. The molecule has 0 radical (unpaired) electrons. The molecule has 0 aliphatic carbocycles. The number of pyridine rings is 1. The van der Waals surface area contributed by atoms with Gasteiger partial charge < -0.3 is 14.4 Å². The summed E-state index contributed by atoms with van der Waals surface area (Å²) in [7, 11) is -0.540. The van der Waals surface area contributed by atoms with Gasteiger partial charge >= 0.3 is 0 Å². The van der Waals surface area contributed by atoms with Crippen LogP contribution in [-0.2, 0) is 17.1 Å². The summed E-state index contributed by atoms with van der Waals surface area (Å²) < 4.78 is 27.6. The van der Waals surface area contributed by atoms with Crippen LogP contribution >= 0.6 is 0 Å². The van der Waals surface area contributed by atoms with E-state index in [2.05, 4.69) is 14.6 Å². The number of rotatable bonds is 4. The summed E-state index contributed by atoms with van der Waals surface area (Å²) in [5, 5.41) is 0. The number of aromatic nitrogens is 2. The molecule has 1 saturated heterocycles. The third-order valence-corrected chi connectivity index (χ3v) is 5.75. The molecule has 0 atom stereocenters. The van der Waals surface area contributed by atoms with Crippen LogP contribution in [0.3, 0.4) is 0 Å². The van der Waals surface area contributed by atoms with Crippen LogP contribution in [0.1, 0.15) is 10.5 Å². The molecule has 134 valence electrons. The Kier molecular flexibility index (Phi) is 4.78. The molecule has 1 N–H and O–H groups in total. The molecule has 2 aromatic rings. The number of nitrogens with zero attached hydrogens (tertiary/aromatic N) is 4. The van der Waals surface area contributed by atoms with Crippen LogP contribution in [0.4, 0.5) is 5.69 Å². The second-order valence-corrected chi connectivity index (χ2v) is 7.75. The summed E-state index contributed by atoms with van der Waals surface area (Å²) in [5.74, 6) is -0.158. The molecule has 8 nitrogen and oxygen atoms in total. The smallest absolute Gasteiger partial charge is 0.270 e. The lowest BCUT2D eigenvalue weighted by molar-refractivity contribution is 0.0737. The summed E-state index contributed by atoms with van der Waals surface area (Å²) in [6.07, 6.45) is 4.95. The van der Waals surface area contributed by atoms with Crippen molar-refractivity contribution in [2.24, 2.45) is 7.05 Å². The lowest BCUT2D eigenvalue weighted by Gasteiger charge is -2.36. The number of amides is 1. The van der Waals surface area contributed by atoms with Crippen molar-refractivity contribution in [1.29, 1.82) is 0 Å². The van der Waals surface area contributed by atoms with Crippen molar-refractivity contribution in [3.63, 3.8) is 0 Å². The molecule has 3 rings (SSSR count). The molecule has 1 fully saturated rings. The highest BCUT2D eigenvalue weighted by atomic mass is 32.2. The van der Waals surface area contributed by atoms with Gasteiger partial charge in [-0.3, -0.25) is 9.78 Å². The summed E-state index contributed by atoms with van der Waals surface area (Å²) in [5.41, 5.74) is 1.45. The van der Waals surface area contributed by atoms with Crippen molar-refractivity contribution >= 4 is 21.6 Å². The van der Waals surface area contributed by atoms with Crippen molar-refractivity contribution in [2.45, 2.75) is 4.90 Å². The van der Waals surface area contributed by atoms with E-state index in [0.717, 1.165) is 18.8 Å². The quantitative estimate of drug-likeness (QED) is 0.844. The van der Waals surface area contributed by atoms with Crippen LogP contribution < -0.4 is 9.62 Å². The molecule has 0 spiro atoms. The molecule has 1 amide bonds. The Hall–Kier alpha value is -2.39. The molecule has 0 aromatic carbocycles. The number of hydrogen-bond donors (Lipinski definition) is 1. The average molecular weight is 363 g/mol. The molecule has 3 heterocycles. The Balaban J connectivity index is 1.71. The minimum Gasteiger partial charge on any atom is -0.368 e. The van der Waals surface area contributed by atoms with Crippen LogP contribution in [0.2, 0.25) is 0 Å². The minimum absolute atomic E-state index is 0.0938. The third kappa shape index (κ3) is 3.52. The highest BCUT2D eigenvalue weighted by Crippen LogP contribution is 2.18. The van der Waals surface area contributed by atoms with Crippen LogP contribution in [0.25, 0.3) is 0 Å². The molecule has 9 heteroatoms.